The van der Waals surface area contributed by atoms with Crippen LogP contribution in [0.3, 0.4) is 0 Å². The SMILES string of the molecule is CCS(=O)(=O)N1CCCCN2[C@H](CO)[C@H](c3ccc(C4=CCCC4)cc3)[C@H]2C1. The highest BCUT2D eigenvalue weighted by Gasteiger charge is 2.50. The lowest BCUT2D eigenvalue weighted by Crippen LogP contribution is -2.67. The van der Waals surface area contributed by atoms with Crippen molar-refractivity contribution in [2.45, 2.75) is 57.0 Å². The predicted molar refractivity (Wildman–Crippen MR) is 113 cm³/mol. The van der Waals surface area contributed by atoms with Crippen molar-refractivity contribution in [3.8, 4) is 0 Å². The highest BCUT2D eigenvalue weighted by Crippen LogP contribution is 2.42. The summed E-state index contributed by atoms with van der Waals surface area (Å²) < 4.78 is 26.7. The van der Waals surface area contributed by atoms with Gasteiger partial charge in [-0.15, -0.1) is 0 Å². The molecule has 1 N–H and O–H groups in total. The topological polar surface area (TPSA) is 60.9 Å². The quantitative estimate of drug-likeness (QED) is 0.820. The fourth-order valence-corrected chi connectivity index (χ4v) is 6.35. The Labute approximate surface area is 169 Å². The molecule has 1 aliphatic carbocycles. The van der Waals surface area contributed by atoms with Crippen LogP contribution in [0.15, 0.2) is 30.3 Å². The molecule has 0 aromatic heterocycles. The van der Waals surface area contributed by atoms with Crippen LogP contribution in [0.5, 0.6) is 0 Å². The summed E-state index contributed by atoms with van der Waals surface area (Å²) in [6.07, 6.45) is 7.76. The van der Waals surface area contributed by atoms with Gasteiger partial charge in [0.05, 0.1) is 12.4 Å². The van der Waals surface area contributed by atoms with Crippen LogP contribution in [0.4, 0.5) is 0 Å². The number of fused-ring (bicyclic) bond motifs is 1. The van der Waals surface area contributed by atoms with Crippen molar-refractivity contribution in [3.05, 3.63) is 41.5 Å². The summed E-state index contributed by atoms with van der Waals surface area (Å²) in [6, 6.07) is 9.02. The molecule has 154 valence electrons. The average molecular weight is 405 g/mol. The first-order valence-corrected chi connectivity index (χ1v) is 12.3. The zero-order valence-electron chi connectivity index (χ0n) is 16.8. The van der Waals surface area contributed by atoms with E-state index in [1.165, 1.54) is 29.5 Å². The highest BCUT2D eigenvalue weighted by molar-refractivity contribution is 7.89. The number of aliphatic hydroxyl groups is 1. The van der Waals surface area contributed by atoms with E-state index in [1.807, 2.05) is 0 Å². The Morgan fingerprint density at radius 2 is 1.86 bits per heavy atom. The normalized spacial score (nSPS) is 29.5. The largest absolute Gasteiger partial charge is 0.395 e. The molecular weight excluding hydrogens is 372 g/mol. The molecule has 0 saturated carbocycles. The minimum absolute atomic E-state index is 0.0887. The van der Waals surface area contributed by atoms with E-state index >= 15 is 0 Å². The van der Waals surface area contributed by atoms with Crippen molar-refractivity contribution in [1.82, 2.24) is 9.21 Å². The Morgan fingerprint density at radius 1 is 1.11 bits per heavy atom. The number of aliphatic hydroxyl groups excluding tert-OH is 1. The lowest BCUT2D eigenvalue weighted by Gasteiger charge is -2.57. The molecule has 0 unspecified atom stereocenters. The number of benzene rings is 1. The summed E-state index contributed by atoms with van der Waals surface area (Å²) in [5.74, 6) is 0.335. The van der Waals surface area contributed by atoms with Crippen LogP contribution in [-0.4, -0.2) is 66.8 Å². The summed E-state index contributed by atoms with van der Waals surface area (Å²) in [7, 11) is -3.19. The first-order chi connectivity index (χ1) is 13.5. The van der Waals surface area contributed by atoms with Gasteiger partial charge in [0, 0.05) is 31.1 Å². The molecule has 4 rings (SSSR count). The second-order valence-corrected chi connectivity index (χ2v) is 10.5. The maximum Gasteiger partial charge on any atom is 0.213 e. The van der Waals surface area contributed by atoms with Crippen molar-refractivity contribution in [2.24, 2.45) is 0 Å². The van der Waals surface area contributed by atoms with Crippen molar-refractivity contribution < 1.29 is 13.5 Å². The van der Waals surface area contributed by atoms with E-state index < -0.39 is 10.0 Å². The molecule has 3 aliphatic rings. The van der Waals surface area contributed by atoms with E-state index in [4.69, 9.17) is 0 Å². The van der Waals surface area contributed by atoms with Gasteiger partial charge >= 0.3 is 0 Å². The predicted octanol–water partition coefficient (Wildman–Crippen LogP) is 2.83. The minimum atomic E-state index is -3.19. The van der Waals surface area contributed by atoms with Gasteiger partial charge in [0.15, 0.2) is 0 Å². The second-order valence-electron chi connectivity index (χ2n) is 8.29. The third-order valence-corrected chi connectivity index (χ3v) is 8.65. The number of hydrogen-bond acceptors (Lipinski definition) is 4. The van der Waals surface area contributed by atoms with Crippen LogP contribution in [0, 0.1) is 0 Å². The lowest BCUT2D eigenvalue weighted by molar-refractivity contribution is -0.0553. The second kappa shape index (κ2) is 8.27. The fraction of sp³-hybridized carbons (Fsp3) is 0.636. The zero-order chi connectivity index (χ0) is 19.7. The van der Waals surface area contributed by atoms with Crippen LogP contribution in [-0.2, 0) is 10.0 Å². The smallest absolute Gasteiger partial charge is 0.213 e. The summed E-state index contributed by atoms with van der Waals surface area (Å²) in [6.45, 7) is 3.93. The molecule has 0 amide bonds. The van der Waals surface area contributed by atoms with Gasteiger partial charge in [-0.25, -0.2) is 12.7 Å². The Bertz CT molecular complexity index is 819. The summed E-state index contributed by atoms with van der Waals surface area (Å²) in [5.41, 5.74) is 3.95. The Balaban J connectivity index is 1.58. The Morgan fingerprint density at radius 3 is 2.50 bits per heavy atom. The molecule has 0 spiro atoms. The summed E-state index contributed by atoms with van der Waals surface area (Å²) in [4.78, 5) is 2.33. The number of nitrogens with zero attached hydrogens (tertiary/aromatic N) is 2. The molecule has 2 heterocycles. The van der Waals surface area contributed by atoms with Gasteiger partial charge < -0.3 is 5.11 Å². The first kappa shape index (κ1) is 20.1. The van der Waals surface area contributed by atoms with Gasteiger partial charge in [0.25, 0.3) is 0 Å². The molecule has 1 aromatic rings. The van der Waals surface area contributed by atoms with Crippen molar-refractivity contribution in [1.29, 1.82) is 0 Å². The molecule has 1 aromatic carbocycles. The van der Waals surface area contributed by atoms with E-state index in [1.54, 1.807) is 11.2 Å². The van der Waals surface area contributed by atoms with Crippen molar-refractivity contribution in [2.75, 3.05) is 32.0 Å². The molecule has 6 heteroatoms. The molecule has 28 heavy (non-hydrogen) atoms. The Hall–Kier alpha value is -1.21. The number of sulfonamides is 1. The summed E-state index contributed by atoms with van der Waals surface area (Å²) in [5, 5.41) is 10.0. The van der Waals surface area contributed by atoms with Gasteiger partial charge in [-0.2, -0.15) is 0 Å². The van der Waals surface area contributed by atoms with E-state index in [-0.39, 0.29) is 30.4 Å². The third-order valence-electron chi connectivity index (χ3n) is 6.80. The third kappa shape index (κ3) is 3.67. The lowest BCUT2D eigenvalue weighted by atomic mass is 9.74. The van der Waals surface area contributed by atoms with E-state index in [2.05, 4.69) is 35.2 Å². The van der Waals surface area contributed by atoms with Gasteiger partial charge in [-0.1, -0.05) is 30.3 Å². The monoisotopic (exact) mass is 404 g/mol. The van der Waals surface area contributed by atoms with E-state index in [0.717, 1.165) is 25.8 Å². The van der Waals surface area contributed by atoms with Crippen LogP contribution in [0.1, 0.15) is 56.1 Å². The maximum atomic E-state index is 12.5. The van der Waals surface area contributed by atoms with Crippen LogP contribution >= 0.6 is 0 Å². The minimum Gasteiger partial charge on any atom is -0.395 e. The molecule has 5 nitrogen and oxygen atoms in total. The van der Waals surface area contributed by atoms with Gasteiger partial charge in [-0.05, 0) is 62.3 Å². The maximum absolute atomic E-state index is 12.5. The van der Waals surface area contributed by atoms with E-state index in [9.17, 15) is 13.5 Å². The molecule has 0 radical (unpaired) electrons. The van der Waals surface area contributed by atoms with Crippen LogP contribution in [0.2, 0.25) is 0 Å². The molecular formula is C22H32N2O3S. The highest BCUT2D eigenvalue weighted by atomic mass is 32.2. The molecule has 2 saturated heterocycles. The van der Waals surface area contributed by atoms with Crippen molar-refractivity contribution in [3.63, 3.8) is 0 Å². The first-order valence-electron chi connectivity index (χ1n) is 10.7. The molecule has 3 atom stereocenters. The van der Waals surface area contributed by atoms with Crippen LogP contribution < -0.4 is 0 Å². The molecule has 2 fully saturated rings. The summed E-state index contributed by atoms with van der Waals surface area (Å²) >= 11 is 0. The molecule has 2 aliphatic heterocycles. The van der Waals surface area contributed by atoms with Gasteiger partial charge in [0.1, 0.15) is 0 Å². The van der Waals surface area contributed by atoms with E-state index in [0.29, 0.717) is 13.1 Å². The fourth-order valence-electron chi connectivity index (χ4n) is 5.20. The van der Waals surface area contributed by atoms with Crippen molar-refractivity contribution >= 4 is 15.6 Å². The number of hydrogen-bond donors (Lipinski definition) is 1. The number of allylic oxidation sites excluding steroid dienone is 2. The van der Waals surface area contributed by atoms with Gasteiger partial charge in [-0.3, -0.25) is 4.90 Å². The van der Waals surface area contributed by atoms with Gasteiger partial charge in [0.2, 0.25) is 10.0 Å². The standard InChI is InChI=1S/C22H32N2O3S/c1-2-28(26,27)23-13-5-6-14-24-20(15-23)22(21(24)16-25)19-11-9-18(10-12-19)17-7-3-4-8-17/h7,9-12,20-22,25H,2-6,8,13-16H2,1H3/t20-,21-,22-/m1/s1. The zero-order valence-corrected chi connectivity index (χ0v) is 17.6. The average Bonchev–Trinajstić information content (AvgIpc) is 3.22. The number of rotatable bonds is 5. The Kier molecular flexibility index (Phi) is 5.93. The van der Waals surface area contributed by atoms with Crippen LogP contribution in [0.25, 0.3) is 5.57 Å². The molecule has 0 bridgehead atoms.